The van der Waals surface area contributed by atoms with E-state index in [0.29, 0.717) is 11.8 Å². The first kappa shape index (κ1) is 14.0. The van der Waals surface area contributed by atoms with Crippen LogP contribution in [0.2, 0.25) is 0 Å². The van der Waals surface area contributed by atoms with Gasteiger partial charge in [0.15, 0.2) is 0 Å². The lowest BCUT2D eigenvalue weighted by Gasteiger charge is -2.23. The van der Waals surface area contributed by atoms with E-state index in [1.54, 1.807) is 12.4 Å². The van der Waals surface area contributed by atoms with Gasteiger partial charge in [-0.3, -0.25) is 4.98 Å². The number of pyridine rings is 1. The van der Waals surface area contributed by atoms with Gasteiger partial charge in [-0.1, -0.05) is 27.7 Å². The average molecular weight is 236 g/mol. The summed E-state index contributed by atoms with van der Waals surface area (Å²) >= 11 is 0. The van der Waals surface area contributed by atoms with Crippen LogP contribution in [0.1, 0.15) is 27.7 Å². The fourth-order valence-electron chi connectivity index (χ4n) is 1.52. The van der Waals surface area contributed by atoms with E-state index in [9.17, 15) is 0 Å². The molecule has 1 atom stereocenters. The zero-order chi connectivity index (χ0) is 12.7. The summed E-state index contributed by atoms with van der Waals surface area (Å²) in [5.41, 5.74) is 0. The van der Waals surface area contributed by atoms with Crippen molar-refractivity contribution in [3.8, 4) is 5.75 Å². The van der Waals surface area contributed by atoms with Crippen molar-refractivity contribution in [1.82, 2.24) is 10.3 Å². The summed E-state index contributed by atoms with van der Waals surface area (Å²) in [6.45, 7) is 10.7. The second-order valence-corrected chi connectivity index (χ2v) is 5.14. The molecule has 1 aromatic heterocycles. The summed E-state index contributed by atoms with van der Waals surface area (Å²) in [6, 6.07) is 3.85. The topological polar surface area (TPSA) is 34.1 Å². The average Bonchev–Trinajstić information content (AvgIpc) is 2.28. The first-order valence-corrected chi connectivity index (χ1v) is 6.37. The summed E-state index contributed by atoms with van der Waals surface area (Å²) in [5, 5.41) is 3.44. The summed E-state index contributed by atoms with van der Waals surface area (Å²) < 4.78 is 5.93. The van der Waals surface area contributed by atoms with Gasteiger partial charge in [0.25, 0.3) is 0 Å². The standard InChI is InChI=1S/C14H24N2O/c1-11(2)8-16-10-14(12(3)4)17-13-6-5-7-15-9-13/h5-7,9,11-12,14,16H,8,10H2,1-4H3. The molecule has 0 aliphatic carbocycles. The fourth-order valence-corrected chi connectivity index (χ4v) is 1.52. The predicted molar refractivity (Wildman–Crippen MR) is 71.2 cm³/mol. The van der Waals surface area contributed by atoms with Gasteiger partial charge >= 0.3 is 0 Å². The molecule has 0 aliphatic rings. The largest absolute Gasteiger partial charge is 0.487 e. The van der Waals surface area contributed by atoms with Crippen LogP contribution >= 0.6 is 0 Å². The third-order valence-corrected chi connectivity index (χ3v) is 2.56. The predicted octanol–water partition coefficient (Wildman–Crippen LogP) is 2.73. The van der Waals surface area contributed by atoms with E-state index >= 15 is 0 Å². The maximum atomic E-state index is 5.93. The summed E-state index contributed by atoms with van der Waals surface area (Å²) in [7, 11) is 0. The minimum atomic E-state index is 0.193. The number of rotatable bonds is 7. The number of hydrogen-bond acceptors (Lipinski definition) is 3. The quantitative estimate of drug-likeness (QED) is 0.790. The smallest absolute Gasteiger partial charge is 0.138 e. The normalized spacial score (nSPS) is 13.1. The molecule has 1 aromatic rings. The molecule has 0 aromatic carbocycles. The van der Waals surface area contributed by atoms with Gasteiger partial charge in [-0.05, 0) is 30.5 Å². The molecule has 0 saturated carbocycles. The van der Waals surface area contributed by atoms with E-state index in [-0.39, 0.29) is 6.10 Å². The van der Waals surface area contributed by atoms with E-state index in [2.05, 4.69) is 38.0 Å². The Balaban J connectivity index is 2.44. The summed E-state index contributed by atoms with van der Waals surface area (Å²) in [4.78, 5) is 4.06. The zero-order valence-electron chi connectivity index (χ0n) is 11.3. The van der Waals surface area contributed by atoms with Crippen LogP contribution in [-0.2, 0) is 0 Å². The monoisotopic (exact) mass is 236 g/mol. The van der Waals surface area contributed by atoms with Gasteiger partial charge in [0.05, 0.1) is 6.20 Å². The first-order valence-electron chi connectivity index (χ1n) is 6.37. The minimum absolute atomic E-state index is 0.193. The molecule has 1 heterocycles. The Morgan fingerprint density at radius 1 is 1.24 bits per heavy atom. The van der Waals surface area contributed by atoms with Gasteiger partial charge in [-0.15, -0.1) is 0 Å². The van der Waals surface area contributed by atoms with Crippen molar-refractivity contribution in [3.05, 3.63) is 24.5 Å². The number of nitrogens with one attached hydrogen (secondary N) is 1. The van der Waals surface area contributed by atoms with E-state index < -0.39 is 0 Å². The molecule has 0 radical (unpaired) electrons. The molecule has 0 saturated heterocycles. The van der Waals surface area contributed by atoms with E-state index in [1.807, 2.05) is 12.1 Å². The highest BCUT2D eigenvalue weighted by Gasteiger charge is 2.14. The number of hydrogen-bond donors (Lipinski definition) is 1. The lowest BCUT2D eigenvalue weighted by atomic mass is 10.1. The second-order valence-electron chi connectivity index (χ2n) is 5.14. The Morgan fingerprint density at radius 3 is 2.53 bits per heavy atom. The minimum Gasteiger partial charge on any atom is -0.487 e. The summed E-state index contributed by atoms with van der Waals surface area (Å²) in [6.07, 6.45) is 3.71. The highest BCUT2D eigenvalue weighted by atomic mass is 16.5. The Labute approximate surface area is 105 Å². The molecular weight excluding hydrogens is 212 g/mol. The van der Waals surface area contributed by atoms with Crippen molar-refractivity contribution < 1.29 is 4.74 Å². The van der Waals surface area contributed by atoms with Gasteiger partial charge in [0.1, 0.15) is 11.9 Å². The van der Waals surface area contributed by atoms with Crippen LogP contribution in [0.4, 0.5) is 0 Å². The molecule has 3 nitrogen and oxygen atoms in total. The van der Waals surface area contributed by atoms with Crippen LogP contribution in [0.15, 0.2) is 24.5 Å². The Bertz CT molecular complexity index is 298. The SMILES string of the molecule is CC(C)CNCC(Oc1cccnc1)C(C)C. The van der Waals surface area contributed by atoms with Crippen LogP contribution in [0.3, 0.4) is 0 Å². The molecule has 96 valence electrons. The van der Waals surface area contributed by atoms with Crippen molar-refractivity contribution in [2.45, 2.75) is 33.8 Å². The molecule has 0 bridgehead atoms. The first-order chi connectivity index (χ1) is 8.09. The zero-order valence-corrected chi connectivity index (χ0v) is 11.3. The van der Waals surface area contributed by atoms with Crippen LogP contribution in [-0.4, -0.2) is 24.2 Å². The third kappa shape index (κ3) is 5.68. The number of ether oxygens (including phenoxy) is 1. The van der Waals surface area contributed by atoms with Crippen molar-refractivity contribution in [2.75, 3.05) is 13.1 Å². The lowest BCUT2D eigenvalue weighted by Crippen LogP contribution is -2.36. The van der Waals surface area contributed by atoms with Crippen molar-refractivity contribution in [3.63, 3.8) is 0 Å². The molecule has 0 amide bonds. The van der Waals surface area contributed by atoms with E-state index in [1.165, 1.54) is 0 Å². The molecule has 1 rings (SSSR count). The molecular formula is C14H24N2O. The van der Waals surface area contributed by atoms with Gasteiger partial charge < -0.3 is 10.1 Å². The van der Waals surface area contributed by atoms with Crippen LogP contribution in [0, 0.1) is 11.8 Å². The maximum Gasteiger partial charge on any atom is 0.138 e. The molecule has 1 N–H and O–H groups in total. The fraction of sp³-hybridized carbons (Fsp3) is 0.643. The third-order valence-electron chi connectivity index (χ3n) is 2.56. The number of aromatic nitrogens is 1. The highest BCUT2D eigenvalue weighted by Crippen LogP contribution is 2.13. The van der Waals surface area contributed by atoms with Gasteiger partial charge in [0, 0.05) is 12.7 Å². The van der Waals surface area contributed by atoms with Crippen molar-refractivity contribution in [2.24, 2.45) is 11.8 Å². The maximum absolute atomic E-state index is 5.93. The lowest BCUT2D eigenvalue weighted by molar-refractivity contribution is 0.147. The van der Waals surface area contributed by atoms with Crippen molar-refractivity contribution >= 4 is 0 Å². The Morgan fingerprint density at radius 2 is 2.00 bits per heavy atom. The summed E-state index contributed by atoms with van der Waals surface area (Å²) in [5.74, 6) is 1.99. The van der Waals surface area contributed by atoms with E-state index in [4.69, 9.17) is 4.74 Å². The molecule has 0 spiro atoms. The van der Waals surface area contributed by atoms with Crippen LogP contribution in [0.5, 0.6) is 5.75 Å². The Hall–Kier alpha value is -1.09. The molecule has 17 heavy (non-hydrogen) atoms. The van der Waals surface area contributed by atoms with Crippen LogP contribution in [0.25, 0.3) is 0 Å². The highest BCUT2D eigenvalue weighted by molar-refractivity contribution is 5.15. The second kappa shape index (κ2) is 7.28. The molecule has 3 heteroatoms. The Kier molecular flexibility index (Phi) is 5.98. The molecule has 0 aliphatic heterocycles. The van der Waals surface area contributed by atoms with Gasteiger partial charge in [-0.25, -0.2) is 0 Å². The number of nitrogens with zero attached hydrogens (tertiary/aromatic N) is 1. The molecule has 1 unspecified atom stereocenters. The van der Waals surface area contributed by atoms with Crippen LogP contribution < -0.4 is 10.1 Å². The van der Waals surface area contributed by atoms with Crippen molar-refractivity contribution in [1.29, 1.82) is 0 Å². The van der Waals surface area contributed by atoms with Gasteiger partial charge in [0.2, 0.25) is 0 Å². The van der Waals surface area contributed by atoms with E-state index in [0.717, 1.165) is 18.8 Å². The van der Waals surface area contributed by atoms with Gasteiger partial charge in [-0.2, -0.15) is 0 Å². The molecule has 0 fully saturated rings.